The molecule has 0 aliphatic carbocycles. The molecule has 0 unspecified atom stereocenters. The van der Waals surface area contributed by atoms with Gasteiger partial charge in [-0.25, -0.2) is 0 Å². The van der Waals surface area contributed by atoms with E-state index in [1.54, 1.807) is 11.8 Å². The molecule has 2 heteroatoms. The standard InChI is InChI=1S/C12H18OS/c1-4-8-12(2,13)10-6-5-7-11(9-10)14-3/h5-7,9,13H,4,8H2,1-3H3/t12-/m0/s1. The van der Waals surface area contributed by atoms with E-state index in [1.807, 2.05) is 25.3 Å². The van der Waals surface area contributed by atoms with Crippen LogP contribution in [-0.2, 0) is 5.60 Å². The third-order valence-electron chi connectivity index (χ3n) is 2.43. The molecule has 0 saturated carbocycles. The minimum Gasteiger partial charge on any atom is -0.385 e. The first-order valence-corrected chi connectivity index (χ1v) is 6.19. The highest BCUT2D eigenvalue weighted by Crippen LogP contribution is 2.28. The number of hydrogen-bond donors (Lipinski definition) is 1. The summed E-state index contributed by atoms with van der Waals surface area (Å²) in [6, 6.07) is 8.14. The van der Waals surface area contributed by atoms with Crippen LogP contribution in [0.2, 0.25) is 0 Å². The number of aliphatic hydroxyl groups is 1. The van der Waals surface area contributed by atoms with Gasteiger partial charge in [-0.3, -0.25) is 0 Å². The van der Waals surface area contributed by atoms with Crippen molar-refractivity contribution in [2.75, 3.05) is 6.26 Å². The van der Waals surface area contributed by atoms with E-state index in [9.17, 15) is 5.11 Å². The van der Waals surface area contributed by atoms with E-state index in [1.165, 1.54) is 4.90 Å². The number of hydrogen-bond acceptors (Lipinski definition) is 2. The molecule has 1 nitrogen and oxygen atoms in total. The number of thioether (sulfide) groups is 1. The quantitative estimate of drug-likeness (QED) is 0.768. The van der Waals surface area contributed by atoms with Crippen LogP contribution in [0.15, 0.2) is 29.2 Å². The highest BCUT2D eigenvalue weighted by atomic mass is 32.2. The smallest absolute Gasteiger partial charge is 0.0868 e. The zero-order valence-corrected chi connectivity index (χ0v) is 9.90. The van der Waals surface area contributed by atoms with Crippen molar-refractivity contribution in [2.24, 2.45) is 0 Å². The van der Waals surface area contributed by atoms with Crippen LogP contribution in [-0.4, -0.2) is 11.4 Å². The van der Waals surface area contributed by atoms with E-state index < -0.39 is 5.60 Å². The van der Waals surface area contributed by atoms with Gasteiger partial charge in [-0.05, 0) is 37.3 Å². The van der Waals surface area contributed by atoms with Gasteiger partial charge in [0.15, 0.2) is 0 Å². The normalized spacial score (nSPS) is 15.1. The van der Waals surface area contributed by atoms with E-state index >= 15 is 0 Å². The van der Waals surface area contributed by atoms with E-state index in [2.05, 4.69) is 19.1 Å². The summed E-state index contributed by atoms with van der Waals surface area (Å²) < 4.78 is 0. The molecule has 1 atom stereocenters. The largest absolute Gasteiger partial charge is 0.385 e. The van der Waals surface area contributed by atoms with Gasteiger partial charge in [-0.15, -0.1) is 11.8 Å². The Labute approximate surface area is 90.5 Å². The van der Waals surface area contributed by atoms with Crippen molar-refractivity contribution in [3.05, 3.63) is 29.8 Å². The Morgan fingerprint density at radius 1 is 1.43 bits per heavy atom. The van der Waals surface area contributed by atoms with Crippen LogP contribution in [0, 0.1) is 0 Å². The molecule has 1 aromatic rings. The lowest BCUT2D eigenvalue weighted by molar-refractivity contribution is 0.0468. The molecule has 14 heavy (non-hydrogen) atoms. The Kier molecular flexibility index (Phi) is 4.02. The predicted molar refractivity (Wildman–Crippen MR) is 62.7 cm³/mol. The topological polar surface area (TPSA) is 20.2 Å². The van der Waals surface area contributed by atoms with Crippen LogP contribution >= 0.6 is 11.8 Å². The van der Waals surface area contributed by atoms with Gasteiger partial charge in [0.2, 0.25) is 0 Å². The van der Waals surface area contributed by atoms with Crippen molar-refractivity contribution in [2.45, 2.75) is 37.2 Å². The third-order valence-corrected chi connectivity index (χ3v) is 3.15. The summed E-state index contributed by atoms with van der Waals surface area (Å²) in [7, 11) is 0. The first kappa shape index (κ1) is 11.6. The average Bonchev–Trinajstić information content (AvgIpc) is 2.18. The lowest BCUT2D eigenvalue weighted by Gasteiger charge is -2.23. The fourth-order valence-electron chi connectivity index (χ4n) is 1.59. The van der Waals surface area contributed by atoms with Gasteiger partial charge < -0.3 is 5.11 Å². The van der Waals surface area contributed by atoms with Crippen molar-refractivity contribution < 1.29 is 5.11 Å². The van der Waals surface area contributed by atoms with Crippen molar-refractivity contribution in [3.8, 4) is 0 Å². The molecule has 0 saturated heterocycles. The second-order valence-corrected chi connectivity index (χ2v) is 4.64. The lowest BCUT2D eigenvalue weighted by Crippen LogP contribution is -2.20. The predicted octanol–water partition coefficient (Wildman–Crippen LogP) is 3.42. The Morgan fingerprint density at radius 2 is 2.14 bits per heavy atom. The second-order valence-electron chi connectivity index (χ2n) is 3.76. The first-order chi connectivity index (χ1) is 6.60. The van der Waals surface area contributed by atoms with E-state index in [0.717, 1.165) is 18.4 Å². The molecule has 0 aliphatic heterocycles. The summed E-state index contributed by atoms with van der Waals surface area (Å²) in [6.07, 6.45) is 3.86. The van der Waals surface area contributed by atoms with Crippen molar-refractivity contribution >= 4 is 11.8 Å². The molecule has 0 bridgehead atoms. The molecule has 0 fully saturated rings. The molecule has 1 N–H and O–H groups in total. The minimum absolute atomic E-state index is 0.680. The minimum atomic E-state index is -0.680. The molecule has 78 valence electrons. The molecule has 0 aliphatic rings. The van der Waals surface area contributed by atoms with E-state index in [-0.39, 0.29) is 0 Å². The van der Waals surface area contributed by atoms with E-state index in [4.69, 9.17) is 0 Å². The molecule has 1 rings (SSSR count). The molecule has 0 spiro atoms. The maximum Gasteiger partial charge on any atom is 0.0868 e. The molecule has 0 amide bonds. The zero-order valence-electron chi connectivity index (χ0n) is 9.08. The Bertz CT molecular complexity index is 294. The van der Waals surface area contributed by atoms with Crippen LogP contribution in [0.3, 0.4) is 0 Å². The monoisotopic (exact) mass is 210 g/mol. The van der Waals surface area contributed by atoms with Gasteiger partial charge in [0.1, 0.15) is 0 Å². The fourth-order valence-corrected chi connectivity index (χ4v) is 2.05. The molecular formula is C12H18OS. The summed E-state index contributed by atoms with van der Waals surface area (Å²) in [5.74, 6) is 0. The van der Waals surface area contributed by atoms with Gasteiger partial charge in [-0.1, -0.05) is 25.5 Å². The molecule has 0 heterocycles. The molecule has 0 aromatic heterocycles. The SMILES string of the molecule is CCC[C@](C)(O)c1cccc(SC)c1. The van der Waals surface area contributed by atoms with Crippen LogP contribution in [0.25, 0.3) is 0 Å². The van der Waals surface area contributed by atoms with Crippen molar-refractivity contribution in [3.63, 3.8) is 0 Å². The van der Waals surface area contributed by atoms with Gasteiger partial charge in [-0.2, -0.15) is 0 Å². The Hall–Kier alpha value is -0.470. The van der Waals surface area contributed by atoms with Gasteiger partial charge >= 0.3 is 0 Å². The zero-order chi connectivity index (χ0) is 10.6. The molecular weight excluding hydrogens is 192 g/mol. The van der Waals surface area contributed by atoms with Crippen LogP contribution in [0.5, 0.6) is 0 Å². The molecule has 0 radical (unpaired) electrons. The maximum atomic E-state index is 10.2. The van der Waals surface area contributed by atoms with Gasteiger partial charge in [0, 0.05) is 4.90 Å². The Morgan fingerprint density at radius 3 is 2.71 bits per heavy atom. The van der Waals surface area contributed by atoms with Gasteiger partial charge in [0.25, 0.3) is 0 Å². The Balaban J connectivity index is 2.93. The number of rotatable bonds is 4. The highest BCUT2D eigenvalue weighted by Gasteiger charge is 2.21. The van der Waals surface area contributed by atoms with Crippen molar-refractivity contribution in [1.29, 1.82) is 0 Å². The second kappa shape index (κ2) is 4.85. The first-order valence-electron chi connectivity index (χ1n) is 4.97. The summed E-state index contributed by atoms with van der Waals surface area (Å²) in [6.45, 7) is 3.98. The average molecular weight is 210 g/mol. The van der Waals surface area contributed by atoms with Crippen LogP contribution < -0.4 is 0 Å². The number of benzene rings is 1. The molecule has 1 aromatic carbocycles. The highest BCUT2D eigenvalue weighted by molar-refractivity contribution is 7.98. The lowest BCUT2D eigenvalue weighted by atomic mass is 9.92. The van der Waals surface area contributed by atoms with E-state index in [0.29, 0.717) is 0 Å². The summed E-state index contributed by atoms with van der Waals surface area (Å²) in [5, 5.41) is 10.2. The third kappa shape index (κ3) is 2.76. The van der Waals surface area contributed by atoms with Crippen molar-refractivity contribution in [1.82, 2.24) is 0 Å². The van der Waals surface area contributed by atoms with Crippen LogP contribution in [0.4, 0.5) is 0 Å². The van der Waals surface area contributed by atoms with Crippen LogP contribution in [0.1, 0.15) is 32.3 Å². The summed E-state index contributed by atoms with van der Waals surface area (Å²) in [4.78, 5) is 1.21. The maximum absolute atomic E-state index is 10.2. The summed E-state index contributed by atoms with van der Waals surface area (Å²) >= 11 is 1.71. The summed E-state index contributed by atoms with van der Waals surface area (Å²) in [5.41, 5.74) is 0.340. The fraction of sp³-hybridized carbons (Fsp3) is 0.500. The van der Waals surface area contributed by atoms with Gasteiger partial charge in [0.05, 0.1) is 5.60 Å².